The first-order valence-electron chi connectivity index (χ1n) is 5.51. The highest BCUT2D eigenvalue weighted by Gasteiger charge is 2.15. The number of hydrogen-bond donors (Lipinski definition) is 1. The zero-order valence-corrected chi connectivity index (χ0v) is 9.48. The highest BCUT2D eigenvalue weighted by atomic mass is 14.9. The quantitative estimate of drug-likeness (QED) is 0.438. The molecule has 5 nitrogen and oxygen atoms in total. The Morgan fingerprint density at radius 1 is 1.00 bits per heavy atom. The van der Waals surface area contributed by atoms with E-state index in [1.807, 2.05) is 0 Å². The Bertz CT molecular complexity index is 445. The molecule has 0 saturated heterocycles. The summed E-state index contributed by atoms with van der Waals surface area (Å²) in [5.41, 5.74) is 5.29. The molecule has 0 aromatic rings. The van der Waals surface area contributed by atoms with E-state index < -0.39 is 0 Å². The topological polar surface area (TPSA) is 110 Å². The summed E-state index contributed by atoms with van der Waals surface area (Å²) in [6, 6.07) is 5.20. The fourth-order valence-corrected chi connectivity index (χ4v) is 1.85. The molecule has 1 saturated carbocycles. The number of amidine groups is 1. The maximum Gasteiger partial charge on any atom is 0.151 e. The molecule has 2 N–H and O–H groups in total. The summed E-state index contributed by atoms with van der Waals surface area (Å²) < 4.78 is 0. The van der Waals surface area contributed by atoms with Crippen molar-refractivity contribution in [3.8, 4) is 18.2 Å². The molecule has 17 heavy (non-hydrogen) atoms. The summed E-state index contributed by atoms with van der Waals surface area (Å²) in [6.07, 6.45) is 5.32. The summed E-state index contributed by atoms with van der Waals surface area (Å²) in [6.45, 7) is 0. The van der Waals surface area contributed by atoms with Crippen molar-refractivity contribution >= 4 is 5.84 Å². The van der Waals surface area contributed by atoms with Crippen LogP contribution in [0.4, 0.5) is 0 Å². The van der Waals surface area contributed by atoms with Crippen molar-refractivity contribution in [2.24, 2.45) is 10.7 Å². The number of nitrogens with two attached hydrogens (primary N) is 1. The number of nitrogens with zero attached hydrogens (tertiary/aromatic N) is 4. The minimum Gasteiger partial charge on any atom is -0.383 e. The fourth-order valence-electron chi connectivity index (χ4n) is 1.85. The molecule has 0 bridgehead atoms. The first-order valence-corrected chi connectivity index (χ1v) is 5.51. The normalized spacial score (nSPS) is 16.4. The summed E-state index contributed by atoms with van der Waals surface area (Å²) in [5.74, 6) is 0.0116. The van der Waals surface area contributed by atoms with Gasteiger partial charge in [-0.2, -0.15) is 15.8 Å². The molecule has 0 heterocycles. The lowest BCUT2D eigenvalue weighted by atomic mass is 9.96. The van der Waals surface area contributed by atoms with E-state index in [-0.39, 0.29) is 23.0 Å². The Labute approximate surface area is 100 Å². The SMILES string of the molecule is N#CC(C#N)=C(C#N)C(N)=NC1CCCCC1. The average molecular weight is 227 g/mol. The minimum atomic E-state index is -0.274. The van der Waals surface area contributed by atoms with Gasteiger partial charge in [0.2, 0.25) is 0 Å². The average Bonchev–Trinajstić information content (AvgIpc) is 2.36. The van der Waals surface area contributed by atoms with Crippen LogP contribution in [0.5, 0.6) is 0 Å². The van der Waals surface area contributed by atoms with Crippen LogP contribution in [0.1, 0.15) is 32.1 Å². The number of hydrogen-bond acceptors (Lipinski definition) is 4. The number of nitriles is 3. The van der Waals surface area contributed by atoms with E-state index in [9.17, 15) is 0 Å². The van der Waals surface area contributed by atoms with Crippen molar-refractivity contribution in [3.05, 3.63) is 11.1 Å². The summed E-state index contributed by atoms with van der Waals surface area (Å²) in [5, 5.41) is 26.3. The zero-order chi connectivity index (χ0) is 12.7. The number of aliphatic imine (C=N–C) groups is 1. The lowest BCUT2D eigenvalue weighted by molar-refractivity contribution is 0.443. The molecule has 0 aromatic carbocycles. The van der Waals surface area contributed by atoms with E-state index in [0.717, 1.165) is 25.7 Å². The van der Waals surface area contributed by atoms with Crippen LogP contribution in [0.25, 0.3) is 0 Å². The Morgan fingerprint density at radius 2 is 1.59 bits per heavy atom. The molecule has 1 rings (SSSR count). The molecule has 0 radical (unpaired) electrons. The van der Waals surface area contributed by atoms with Crippen LogP contribution in [-0.4, -0.2) is 11.9 Å². The van der Waals surface area contributed by atoms with E-state index in [1.165, 1.54) is 6.42 Å². The molecule has 86 valence electrons. The molecule has 0 spiro atoms. The maximum atomic E-state index is 8.89. The third kappa shape index (κ3) is 3.33. The van der Waals surface area contributed by atoms with Crippen molar-refractivity contribution in [2.75, 3.05) is 0 Å². The van der Waals surface area contributed by atoms with Crippen molar-refractivity contribution in [2.45, 2.75) is 38.1 Å². The van der Waals surface area contributed by atoms with Gasteiger partial charge in [-0.05, 0) is 12.8 Å². The molecular weight excluding hydrogens is 214 g/mol. The van der Waals surface area contributed by atoms with Crippen LogP contribution in [0.2, 0.25) is 0 Å². The van der Waals surface area contributed by atoms with Gasteiger partial charge in [-0.1, -0.05) is 19.3 Å². The predicted molar refractivity (Wildman–Crippen MR) is 62.4 cm³/mol. The fraction of sp³-hybridized carbons (Fsp3) is 0.500. The van der Waals surface area contributed by atoms with Gasteiger partial charge in [0, 0.05) is 0 Å². The van der Waals surface area contributed by atoms with Gasteiger partial charge in [-0.3, -0.25) is 4.99 Å². The molecule has 5 heteroatoms. The third-order valence-corrected chi connectivity index (χ3v) is 2.74. The van der Waals surface area contributed by atoms with Gasteiger partial charge in [0.1, 0.15) is 29.6 Å². The van der Waals surface area contributed by atoms with Crippen molar-refractivity contribution in [1.82, 2.24) is 0 Å². The van der Waals surface area contributed by atoms with Gasteiger partial charge < -0.3 is 5.73 Å². The second kappa shape index (κ2) is 6.30. The van der Waals surface area contributed by atoms with E-state index in [0.29, 0.717) is 0 Å². The Balaban J connectivity index is 2.95. The predicted octanol–water partition coefficient (Wildman–Crippen LogP) is 1.54. The highest BCUT2D eigenvalue weighted by molar-refractivity contribution is 6.02. The smallest absolute Gasteiger partial charge is 0.151 e. The molecule has 0 aromatic heterocycles. The Hall–Kier alpha value is -2.32. The summed E-state index contributed by atoms with van der Waals surface area (Å²) in [4.78, 5) is 4.24. The lowest BCUT2D eigenvalue weighted by Gasteiger charge is -2.18. The summed E-state index contributed by atoms with van der Waals surface area (Å²) >= 11 is 0. The molecule has 0 unspecified atom stereocenters. The van der Waals surface area contributed by atoms with E-state index in [4.69, 9.17) is 21.5 Å². The lowest BCUT2D eigenvalue weighted by Crippen LogP contribution is -2.21. The van der Waals surface area contributed by atoms with Crippen LogP contribution in [0.3, 0.4) is 0 Å². The van der Waals surface area contributed by atoms with Crippen molar-refractivity contribution in [3.63, 3.8) is 0 Å². The minimum absolute atomic E-state index is 0.0116. The first kappa shape index (κ1) is 12.7. The number of rotatable bonds is 2. The maximum absolute atomic E-state index is 8.89. The molecule has 0 amide bonds. The van der Waals surface area contributed by atoms with Gasteiger partial charge in [-0.15, -0.1) is 0 Å². The molecular formula is C12H13N5. The van der Waals surface area contributed by atoms with Crippen molar-refractivity contribution in [1.29, 1.82) is 15.8 Å². The highest BCUT2D eigenvalue weighted by Crippen LogP contribution is 2.20. The van der Waals surface area contributed by atoms with E-state index in [1.54, 1.807) is 18.2 Å². The van der Waals surface area contributed by atoms with Crippen LogP contribution < -0.4 is 5.73 Å². The van der Waals surface area contributed by atoms with Crippen LogP contribution in [0, 0.1) is 34.0 Å². The Morgan fingerprint density at radius 3 is 2.06 bits per heavy atom. The number of allylic oxidation sites excluding steroid dienone is 1. The van der Waals surface area contributed by atoms with Gasteiger partial charge in [-0.25, -0.2) is 0 Å². The van der Waals surface area contributed by atoms with Crippen LogP contribution in [-0.2, 0) is 0 Å². The second-order valence-electron chi connectivity index (χ2n) is 3.89. The molecule has 1 aliphatic carbocycles. The molecule has 0 atom stereocenters. The van der Waals surface area contributed by atoms with Gasteiger partial charge in [0.15, 0.2) is 5.57 Å². The molecule has 1 aliphatic rings. The van der Waals surface area contributed by atoms with E-state index in [2.05, 4.69) is 4.99 Å². The van der Waals surface area contributed by atoms with Gasteiger partial charge in [0.05, 0.1) is 6.04 Å². The monoisotopic (exact) mass is 227 g/mol. The molecule has 0 aliphatic heterocycles. The third-order valence-electron chi connectivity index (χ3n) is 2.74. The largest absolute Gasteiger partial charge is 0.383 e. The molecule has 1 fully saturated rings. The van der Waals surface area contributed by atoms with Crippen molar-refractivity contribution < 1.29 is 0 Å². The van der Waals surface area contributed by atoms with Gasteiger partial charge >= 0.3 is 0 Å². The standard InChI is InChI=1S/C12H13N5/c13-6-9(7-14)11(8-15)12(16)17-10-4-2-1-3-5-10/h10H,1-5H2,(H2,16,17). The Kier molecular flexibility index (Phi) is 4.73. The van der Waals surface area contributed by atoms with Crippen LogP contribution in [0.15, 0.2) is 16.1 Å². The zero-order valence-electron chi connectivity index (χ0n) is 9.48. The second-order valence-corrected chi connectivity index (χ2v) is 3.89. The van der Waals surface area contributed by atoms with E-state index >= 15 is 0 Å². The summed E-state index contributed by atoms with van der Waals surface area (Å²) in [7, 11) is 0. The first-order chi connectivity index (χ1) is 8.22. The van der Waals surface area contributed by atoms with Gasteiger partial charge in [0.25, 0.3) is 0 Å². The van der Waals surface area contributed by atoms with Crippen LogP contribution >= 0.6 is 0 Å².